The Hall–Kier alpha value is -2.81. The van der Waals surface area contributed by atoms with Gasteiger partial charge in [-0.05, 0) is 60.7 Å². The molecule has 136 valence electrons. The van der Waals surface area contributed by atoms with Crippen molar-refractivity contribution in [3.05, 3.63) is 70.8 Å². The van der Waals surface area contributed by atoms with Crippen molar-refractivity contribution in [3.63, 3.8) is 0 Å². The molecule has 0 fully saturated rings. The molecule has 0 saturated heterocycles. The van der Waals surface area contributed by atoms with Crippen LogP contribution in [0, 0.1) is 5.92 Å². The van der Waals surface area contributed by atoms with Crippen LogP contribution in [0.3, 0.4) is 0 Å². The van der Waals surface area contributed by atoms with E-state index in [1.807, 2.05) is 45.1 Å². The highest BCUT2D eigenvalue weighted by molar-refractivity contribution is 6.00. The Kier molecular flexibility index (Phi) is 6.40. The summed E-state index contributed by atoms with van der Waals surface area (Å²) in [6, 6.07) is 10.1. The Bertz CT molecular complexity index is 827. The van der Waals surface area contributed by atoms with Gasteiger partial charge in [0.05, 0.1) is 0 Å². The van der Waals surface area contributed by atoms with Gasteiger partial charge in [0.1, 0.15) is 11.5 Å². The monoisotopic (exact) mass is 350 g/mol. The van der Waals surface area contributed by atoms with Crippen LogP contribution in [0.5, 0.6) is 11.5 Å². The summed E-state index contributed by atoms with van der Waals surface area (Å²) in [5, 5.41) is 19.5. The molecule has 0 aliphatic heterocycles. The number of Topliss-reactive ketones (excluding diaryl/α,β-unsaturated/α-hetero) is 1. The fourth-order valence-corrected chi connectivity index (χ4v) is 2.75. The van der Waals surface area contributed by atoms with Gasteiger partial charge < -0.3 is 10.2 Å². The van der Waals surface area contributed by atoms with Crippen LogP contribution in [0.4, 0.5) is 0 Å². The highest BCUT2D eigenvalue weighted by atomic mass is 16.3. The lowest BCUT2D eigenvalue weighted by Crippen LogP contribution is -2.12. The second kappa shape index (κ2) is 8.52. The van der Waals surface area contributed by atoms with Crippen LogP contribution in [-0.4, -0.2) is 16.0 Å². The highest BCUT2D eigenvalue weighted by Crippen LogP contribution is 2.28. The SMILES string of the molecule is C=C(C)CCc1c(C=Cc2ccc(O)cc2)cc(O)cc1C(=O)C(C)C. The van der Waals surface area contributed by atoms with Gasteiger partial charge in [-0.2, -0.15) is 0 Å². The van der Waals surface area contributed by atoms with Crippen molar-refractivity contribution < 1.29 is 15.0 Å². The summed E-state index contributed by atoms with van der Waals surface area (Å²) in [5.41, 5.74) is 4.30. The van der Waals surface area contributed by atoms with Gasteiger partial charge in [-0.1, -0.05) is 43.7 Å². The van der Waals surface area contributed by atoms with E-state index >= 15 is 0 Å². The fraction of sp³-hybridized carbons (Fsp3) is 0.261. The number of carbonyl (C=O) groups is 1. The number of phenols is 2. The normalized spacial score (nSPS) is 11.2. The van der Waals surface area contributed by atoms with Crippen LogP contribution in [0.25, 0.3) is 12.2 Å². The van der Waals surface area contributed by atoms with Crippen molar-refractivity contribution in [2.75, 3.05) is 0 Å². The fourth-order valence-electron chi connectivity index (χ4n) is 2.75. The molecule has 0 unspecified atom stereocenters. The summed E-state index contributed by atoms with van der Waals surface area (Å²) >= 11 is 0. The molecule has 2 aromatic carbocycles. The lowest BCUT2D eigenvalue weighted by molar-refractivity contribution is 0.0938. The largest absolute Gasteiger partial charge is 0.508 e. The molecule has 0 bridgehead atoms. The van der Waals surface area contributed by atoms with Crippen LogP contribution in [-0.2, 0) is 6.42 Å². The van der Waals surface area contributed by atoms with E-state index < -0.39 is 0 Å². The minimum Gasteiger partial charge on any atom is -0.508 e. The topological polar surface area (TPSA) is 57.5 Å². The maximum absolute atomic E-state index is 12.6. The number of carbonyl (C=O) groups excluding carboxylic acids is 1. The predicted octanol–water partition coefficient (Wildman–Crippen LogP) is 5.62. The molecular formula is C23H26O3. The molecule has 0 atom stereocenters. The molecule has 0 saturated carbocycles. The summed E-state index contributed by atoms with van der Waals surface area (Å²) in [7, 11) is 0. The van der Waals surface area contributed by atoms with Crippen molar-refractivity contribution in [1.29, 1.82) is 0 Å². The number of benzene rings is 2. The molecule has 3 heteroatoms. The van der Waals surface area contributed by atoms with Gasteiger partial charge >= 0.3 is 0 Å². The van der Waals surface area contributed by atoms with Crippen molar-refractivity contribution >= 4 is 17.9 Å². The maximum atomic E-state index is 12.6. The van der Waals surface area contributed by atoms with Gasteiger partial charge in [-0.25, -0.2) is 0 Å². The summed E-state index contributed by atoms with van der Waals surface area (Å²) in [5.74, 6) is 0.177. The first-order chi connectivity index (χ1) is 12.3. The number of hydrogen-bond acceptors (Lipinski definition) is 3. The third kappa shape index (κ3) is 5.09. The molecule has 0 spiro atoms. The number of allylic oxidation sites excluding steroid dienone is 1. The molecule has 0 aliphatic carbocycles. The second-order valence-electron chi connectivity index (χ2n) is 6.96. The number of hydrogen-bond donors (Lipinski definition) is 2. The standard InChI is InChI=1S/C23H26O3/c1-15(2)5-12-21-18(9-6-17-7-10-19(24)11-8-17)13-20(25)14-22(21)23(26)16(3)4/h6-11,13-14,16,24-25H,1,5,12H2,2-4H3. The first kappa shape index (κ1) is 19.5. The molecule has 0 heterocycles. The quantitative estimate of drug-likeness (QED) is 0.387. The van der Waals surface area contributed by atoms with Crippen LogP contribution in [0.2, 0.25) is 0 Å². The predicted molar refractivity (Wildman–Crippen MR) is 107 cm³/mol. The zero-order valence-electron chi connectivity index (χ0n) is 15.6. The molecule has 0 amide bonds. The Morgan fingerprint density at radius 2 is 1.73 bits per heavy atom. The van der Waals surface area contributed by atoms with Crippen molar-refractivity contribution in [2.45, 2.75) is 33.6 Å². The van der Waals surface area contributed by atoms with Gasteiger partial charge in [0, 0.05) is 11.5 Å². The van der Waals surface area contributed by atoms with Gasteiger partial charge in [-0.15, -0.1) is 6.58 Å². The zero-order valence-corrected chi connectivity index (χ0v) is 15.6. The Labute approximate surface area is 155 Å². The van der Waals surface area contributed by atoms with Crippen molar-refractivity contribution in [2.24, 2.45) is 5.92 Å². The van der Waals surface area contributed by atoms with Crippen LogP contribution < -0.4 is 0 Å². The van der Waals surface area contributed by atoms with Gasteiger partial charge in [0.2, 0.25) is 0 Å². The average molecular weight is 350 g/mol. The number of aromatic hydroxyl groups is 2. The number of phenolic OH excluding ortho intramolecular Hbond substituents is 2. The van der Waals surface area contributed by atoms with E-state index in [2.05, 4.69) is 6.58 Å². The number of ketones is 1. The van der Waals surface area contributed by atoms with Gasteiger partial charge in [0.15, 0.2) is 5.78 Å². The van der Waals surface area contributed by atoms with E-state index in [0.29, 0.717) is 12.0 Å². The molecule has 2 rings (SSSR count). The first-order valence-corrected chi connectivity index (χ1v) is 8.79. The summed E-state index contributed by atoms with van der Waals surface area (Å²) < 4.78 is 0. The smallest absolute Gasteiger partial charge is 0.165 e. The number of rotatable bonds is 7. The summed E-state index contributed by atoms with van der Waals surface area (Å²) in [6.07, 6.45) is 5.28. The Morgan fingerprint density at radius 3 is 2.31 bits per heavy atom. The van der Waals surface area contributed by atoms with E-state index in [9.17, 15) is 15.0 Å². The van der Waals surface area contributed by atoms with E-state index in [1.165, 1.54) is 0 Å². The third-order valence-electron chi connectivity index (χ3n) is 4.21. The van der Waals surface area contributed by atoms with Gasteiger partial charge in [0.25, 0.3) is 0 Å². The third-order valence-corrected chi connectivity index (χ3v) is 4.21. The van der Waals surface area contributed by atoms with Crippen molar-refractivity contribution in [1.82, 2.24) is 0 Å². The Balaban J connectivity index is 2.49. The summed E-state index contributed by atoms with van der Waals surface area (Å²) in [4.78, 5) is 12.6. The molecule has 26 heavy (non-hydrogen) atoms. The zero-order chi connectivity index (χ0) is 19.3. The minimum absolute atomic E-state index is 0.0249. The van der Waals surface area contributed by atoms with Crippen LogP contribution >= 0.6 is 0 Å². The van der Waals surface area contributed by atoms with Crippen LogP contribution in [0.15, 0.2) is 48.6 Å². The van der Waals surface area contributed by atoms with E-state index in [4.69, 9.17) is 0 Å². The summed E-state index contributed by atoms with van der Waals surface area (Å²) in [6.45, 7) is 9.65. The molecule has 2 aromatic rings. The molecular weight excluding hydrogens is 324 g/mol. The first-order valence-electron chi connectivity index (χ1n) is 8.79. The molecule has 3 nitrogen and oxygen atoms in total. The van der Waals surface area contributed by atoms with Crippen molar-refractivity contribution in [3.8, 4) is 11.5 Å². The lowest BCUT2D eigenvalue weighted by atomic mass is 9.89. The van der Waals surface area contributed by atoms with E-state index in [-0.39, 0.29) is 23.2 Å². The molecule has 2 N–H and O–H groups in total. The highest BCUT2D eigenvalue weighted by Gasteiger charge is 2.18. The van der Waals surface area contributed by atoms with Crippen LogP contribution in [0.1, 0.15) is 54.2 Å². The molecule has 0 aliphatic rings. The lowest BCUT2D eigenvalue weighted by Gasteiger charge is -2.15. The Morgan fingerprint density at radius 1 is 1.08 bits per heavy atom. The average Bonchev–Trinajstić information content (AvgIpc) is 2.58. The van der Waals surface area contributed by atoms with Gasteiger partial charge in [-0.3, -0.25) is 4.79 Å². The van der Waals surface area contributed by atoms with E-state index in [0.717, 1.165) is 28.7 Å². The minimum atomic E-state index is -0.144. The maximum Gasteiger partial charge on any atom is 0.165 e. The molecule has 0 radical (unpaired) electrons. The van der Waals surface area contributed by atoms with E-state index in [1.54, 1.807) is 24.3 Å². The second-order valence-corrected chi connectivity index (χ2v) is 6.96. The molecule has 0 aromatic heterocycles.